The molecule has 1 aliphatic rings. The summed E-state index contributed by atoms with van der Waals surface area (Å²) >= 11 is 0. The van der Waals surface area contributed by atoms with Crippen LogP contribution in [0.15, 0.2) is 30.3 Å². The quantitative estimate of drug-likeness (QED) is 0.864. The van der Waals surface area contributed by atoms with Crippen molar-refractivity contribution in [2.75, 3.05) is 20.7 Å². The van der Waals surface area contributed by atoms with Crippen LogP contribution < -0.4 is 5.32 Å². The average molecular weight is 276 g/mol. The van der Waals surface area contributed by atoms with Crippen molar-refractivity contribution in [3.63, 3.8) is 0 Å². The van der Waals surface area contributed by atoms with E-state index in [4.69, 9.17) is 4.74 Å². The van der Waals surface area contributed by atoms with Crippen LogP contribution >= 0.6 is 0 Å². The van der Waals surface area contributed by atoms with E-state index in [-0.39, 0.29) is 0 Å². The van der Waals surface area contributed by atoms with Crippen LogP contribution in [-0.2, 0) is 4.74 Å². The van der Waals surface area contributed by atoms with Crippen molar-refractivity contribution in [2.45, 2.75) is 50.9 Å². The molecule has 1 heterocycles. The van der Waals surface area contributed by atoms with Crippen molar-refractivity contribution in [3.05, 3.63) is 35.9 Å². The first-order valence-corrected chi connectivity index (χ1v) is 7.68. The Labute approximate surface area is 123 Å². The van der Waals surface area contributed by atoms with Crippen LogP contribution in [0.2, 0.25) is 0 Å². The van der Waals surface area contributed by atoms with E-state index in [1.165, 1.54) is 18.4 Å². The van der Waals surface area contributed by atoms with Gasteiger partial charge in [-0.15, -0.1) is 0 Å². The Bertz CT molecular complexity index is 387. The molecule has 0 bridgehead atoms. The molecule has 1 aromatic rings. The van der Waals surface area contributed by atoms with Crippen LogP contribution in [-0.4, -0.2) is 43.8 Å². The molecule has 0 amide bonds. The van der Waals surface area contributed by atoms with Crippen LogP contribution in [0, 0.1) is 0 Å². The number of hydrogen-bond acceptors (Lipinski definition) is 3. The summed E-state index contributed by atoms with van der Waals surface area (Å²) in [6.07, 6.45) is 2.75. The molecule has 0 saturated carbocycles. The molecular formula is C17H28N2O. The summed E-state index contributed by atoms with van der Waals surface area (Å²) in [5.41, 5.74) is 1.36. The molecule has 3 nitrogen and oxygen atoms in total. The topological polar surface area (TPSA) is 24.5 Å². The summed E-state index contributed by atoms with van der Waals surface area (Å²) in [5.74, 6) is 0. The molecule has 2 rings (SSSR count). The Morgan fingerprint density at radius 3 is 2.45 bits per heavy atom. The average Bonchev–Trinajstić information content (AvgIpc) is 2.93. The Hall–Kier alpha value is -0.900. The first-order valence-electron chi connectivity index (χ1n) is 7.68. The van der Waals surface area contributed by atoms with E-state index in [0.717, 1.165) is 6.61 Å². The zero-order valence-corrected chi connectivity index (χ0v) is 13.2. The third-order valence-electron chi connectivity index (χ3n) is 4.22. The van der Waals surface area contributed by atoms with E-state index in [1.54, 1.807) is 0 Å². The zero-order chi connectivity index (χ0) is 14.5. The summed E-state index contributed by atoms with van der Waals surface area (Å²) in [6.45, 7) is 5.42. The molecular weight excluding hydrogens is 248 g/mol. The minimum atomic E-state index is 0.371. The van der Waals surface area contributed by atoms with Gasteiger partial charge in [-0.05, 0) is 46.3 Å². The molecule has 20 heavy (non-hydrogen) atoms. The van der Waals surface area contributed by atoms with Crippen LogP contribution in [0.1, 0.15) is 38.3 Å². The van der Waals surface area contributed by atoms with Gasteiger partial charge in [0.15, 0.2) is 0 Å². The number of nitrogens with zero attached hydrogens (tertiary/aromatic N) is 1. The van der Waals surface area contributed by atoms with Crippen molar-refractivity contribution in [1.82, 2.24) is 10.2 Å². The highest BCUT2D eigenvalue weighted by Gasteiger charge is 2.27. The van der Waals surface area contributed by atoms with Crippen LogP contribution in [0.5, 0.6) is 0 Å². The van der Waals surface area contributed by atoms with Crippen LogP contribution in [0.4, 0.5) is 0 Å². The van der Waals surface area contributed by atoms with Gasteiger partial charge in [-0.2, -0.15) is 0 Å². The maximum absolute atomic E-state index is 5.79. The van der Waals surface area contributed by atoms with Gasteiger partial charge in [-0.1, -0.05) is 30.3 Å². The van der Waals surface area contributed by atoms with Crippen molar-refractivity contribution >= 4 is 0 Å². The number of ether oxygens (including phenoxy) is 1. The highest BCUT2D eigenvalue weighted by Crippen LogP contribution is 2.23. The number of benzene rings is 1. The number of rotatable bonds is 6. The summed E-state index contributed by atoms with van der Waals surface area (Å²) in [6, 6.07) is 11.9. The first-order chi connectivity index (χ1) is 9.59. The Balaban J connectivity index is 2.02. The minimum Gasteiger partial charge on any atom is -0.377 e. The Kier molecular flexibility index (Phi) is 5.58. The van der Waals surface area contributed by atoms with E-state index >= 15 is 0 Å². The van der Waals surface area contributed by atoms with Gasteiger partial charge in [-0.3, -0.25) is 0 Å². The SMILES string of the molecule is CC(NC(C)C(c1ccccc1)N(C)C)C1CCCO1. The van der Waals surface area contributed by atoms with Gasteiger partial charge in [-0.25, -0.2) is 0 Å². The second-order valence-electron chi connectivity index (χ2n) is 6.11. The lowest BCUT2D eigenvalue weighted by molar-refractivity contribution is 0.0749. The highest BCUT2D eigenvalue weighted by atomic mass is 16.5. The van der Waals surface area contributed by atoms with E-state index in [2.05, 4.69) is 68.5 Å². The number of hydrogen-bond donors (Lipinski definition) is 1. The number of nitrogens with one attached hydrogen (secondary N) is 1. The molecule has 4 atom stereocenters. The van der Waals surface area contributed by atoms with E-state index < -0.39 is 0 Å². The van der Waals surface area contributed by atoms with Crippen molar-refractivity contribution < 1.29 is 4.74 Å². The van der Waals surface area contributed by atoms with Crippen molar-refractivity contribution in [3.8, 4) is 0 Å². The van der Waals surface area contributed by atoms with Gasteiger partial charge in [0.05, 0.1) is 6.10 Å². The molecule has 0 radical (unpaired) electrons. The summed E-state index contributed by atoms with van der Waals surface area (Å²) in [5, 5.41) is 3.74. The molecule has 4 unspecified atom stereocenters. The largest absolute Gasteiger partial charge is 0.377 e. The highest BCUT2D eigenvalue weighted by molar-refractivity contribution is 5.20. The van der Waals surface area contributed by atoms with E-state index in [9.17, 15) is 0 Å². The second kappa shape index (κ2) is 7.21. The fourth-order valence-electron chi connectivity index (χ4n) is 3.29. The van der Waals surface area contributed by atoms with Crippen molar-refractivity contribution in [2.24, 2.45) is 0 Å². The molecule has 1 N–H and O–H groups in total. The molecule has 1 aliphatic heterocycles. The third kappa shape index (κ3) is 3.81. The van der Waals surface area contributed by atoms with Gasteiger partial charge in [0.25, 0.3) is 0 Å². The fourth-order valence-corrected chi connectivity index (χ4v) is 3.29. The van der Waals surface area contributed by atoms with Crippen LogP contribution in [0.25, 0.3) is 0 Å². The third-order valence-corrected chi connectivity index (χ3v) is 4.22. The lowest BCUT2D eigenvalue weighted by atomic mass is 9.98. The van der Waals surface area contributed by atoms with E-state index in [0.29, 0.717) is 24.2 Å². The summed E-state index contributed by atoms with van der Waals surface area (Å²) in [4.78, 5) is 2.29. The lowest BCUT2D eigenvalue weighted by Crippen LogP contribution is -2.47. The van der Waals surface area contributed by atoms with Gasteiger partial charge in [0.1, 0.15) is 0 Å². The predicted octanol–water partition coefficient (Wildman–Crippen LogP) is 2.83. The fraction of sp³-hybridized carbons (Fsp3) is 0.647. The monoisotopic (exact) mass is 276 g/mol. The first kappa shape index (κ1) is 15.5. The van der Waals surface area contributed by atoms with Gasteiger partial charge < -0.3 is 15.0 Å². The molecule has 1 fully saturated rings. The minimum absolute atomic E-state index is 0.371. The smallest absolute Gasteiger partial charge is 0.0726 e. The Morgan fingerprint density at radius 2 is 1.90 bits per heavy atom. The van der Waals surface area contributed by atoms with Gasteiger partial charge in [0.2, 0.25) is 0 Å². The normalized spacial score (nSPS) is 23.8. The molecule has 112 valence electrons. The van der Waals surface area contributed by atoms with E-state index in [1.807, 2.05) is 0 Å². The predicted molar refractivity (Wildman–Crippen MR) is 83.9 cm³/mol. The maximum Gasteiger partial charge on any atom is 0.0726 e. The zero-order valence-electron chi connectivity index (χ0n) is 13.2. The summed E-state index contributed by atoms with van der Waals surface area (Å²) in [7, 11) is 4.29. The molecule has 0 aromatic heterocycles. The molecule has 3 heteroatoms. The lowest BCUT2D eigenvalue weighted by Gasteiger charge is -2.34. The number of likely N-dealkylation sites (N-methyl/N-ethyl adjacent to an activating group) is 1. The standard InChI is InChI=1S/C17H28N2O/c1-13(16-11-8-12-20-16)18-14(2)17(19(3)4)15-9-6-5-7-10-15/h5-7,9-10,13-14,16-18H,8,11-12H2,1-4H3. The van der Waals surface area contributed by atoms with Gasteiger partial charge >= 0.3 is 0 Å². The second-order valence-corrected chi connectivity index (χ2v) is 6.11. The summed E-state index contributed by atoms with van der Waals surface area (Å²) < 4.78 is 5.79. The van der Waals surface area contributed by atoms with Crippen LogP contribution in [0.3, 0.4) is 0 Å². The molecule has 1 aromatic carbocycles. The molecule has 0 aliphatic carbocycles. The molecule has 1 saturated heterocycles. The Morgan fingerprint density at radius 1 is 1.20 bits per heavy atom. The van der Waals surface area contributed by atoms with Crippen molar-refractivity contribution in [1.29, 1.82) is 0 Å². The van der Waals surface area contributed by atoms with Gasteiger partial charge in [0, 0.05) is 24.7 Å². The maximum atomic E-state index is 5.79. The molecule has 0 spiro atoms.